The van der Waals surface area contributed by atoms with Crippen LogP contribution < -0.4 is 5.73 Å². The molecule has 0 aromatic heterocycles. The Bertz CT molecular complexity index is 189. The van der Waals surface area contributed by atoms with Crippen molar-refractivity contribution in [2.75, 3.05) is 0 Å². The lowest BCUT2D eigenvalue weighted by atomic mass is 10.5. The van der Waals surface area contributed by atoms with Gasteiger partial charge in [-0.25, -0.2) is 9.59 Å². The van der Waals surface area contributed by atoms with Gasteiger partial charge in [0.25, 0.3) is 0 Å². The molecule has 0 aliphatic rings. The van der Waals surface area contributed by atoms with E-state index in [1.807, 2.05) is 0 Å². The molecule has 0 aliphatic carbocycles. The summed E-state index contributed by atoms with van der Waals surface area (Å²) in [5.41, 5.74) is 4.47. The zero-order valence-electron chi connectivity index (χ0n) is 6.85. The van der Waals surface area contributed by atoms with Gasteiger partial charge in [-0.15, -0.1) is 0 Å². The molecule has 0 atom stereocenters. The summed E-state index contributed by atoms with van der Waals surface area (Å²) in [7, 11) is 0. The van der Waals surface area contributed by atoms with Crippen LogP contribution in [0.15, 0.2) is 12.2 Å². The largest absolute Gasteiger partial charge is 0.478 e. The van der Waals surface area contributed by atoms with Crippen molar-refractivity contribution in [2.24, 2.45) is 5.73 Å². The maximum atomic E-state index is 9.55. The topological polar surface area (TPSA) is 149 Å². The van der Waals surface area contributed by atoms with E-state index >= 15 is 0 Å². The number of aliphatic carboxylic acids is 2. The maximum Gasteiger partial charge on any atom is 0.328 e. The average molecular weight is 193 g/mol. The lowest BCUT2D eigenvalue weighted by molar-refractivity contribution is -0.134. The second kappa shape index (κ2) is 10.1. The van der Waals surface area contributed by atoms with E-state index in [9.17, 15) is 14.4 Å². The first-order chi connectivity index (χ1) is 5.36. The summed E-state index contributed by atoms with van der Waals surface area (Å²) in [6, 6.07) is 0. The van der Waals surface area contributed by atoms with Gasteiger partial charge in [0.2, 0.25) is 5.91 Å². The third-order valence-corrected chi connectivity index (χ3v) is 0.368. The van der Waals surface area contributed by atoms with Crippen molar-refractivity contribution in [1.29, 1.82) is 0 Å². The van der Waals surface area contributed by atoms with Gasteiger partial charge in [0.05, 0.1) is 0 Å². The minimum Gasteiger partial charge on any atom is -0.478 e. The first-order valence-electron chi connectivity index (χ1n) is 2.76. The fourth-order valence-electron chi connectivity index (χ4n) is 0.143. The van der Waals surface area contributed by atoms with Gasteiger partial charge in [-0.2, -0.15) is 0 Å². The molecule has 0 aromatic carbocycles. The highest BCUT2D eigenvalue weighted by Gasteiger charge is 1.88. The molecule has 76 valence electrons. The van der Waals surface area contributed by atoms with Gasteiger partial charge >= 0.3 is 11.9 Å². The Kier molecular flexibility index (Phi) is 13.4. The van der Waals surface area contributed by atoms with Crippen LogP contribution in [0, 0.1) is 0 Å². The summed E-state index contributed by atoms with van der Waals surface area (Å²) >= 11 is 0. The molecule has 1 amide bonds. The summed E-state index contributed by atoms with van der Waals surface area (Å²) in [5, 5.41) is 15.6. The van der Waals surface area contributed by atoms with Crippen LogP contribution >= 0.6 is 0 Å². The van der Waals surface area contributed by atoms with Crippen molar-refractivity contribution in [2.45, 2.75) is 6.92 Å². The molecule has 0 bridgehead atoms. The molecule has 0 radical (unpaired) electrons. The molecule has 0 unspecified atom stereocenters. The second-order valence-corrected chi connectivity index (χ2v) is 1.62. The summed E-state index contributed by atoms with van der Waals surface area (Å²) in [6.45, 7) is 1.31. The first kappa shape index (κ1) is 17.3. The number of primary amides is 1. The highest BCUT2D eigenvalue weighted by Crippen LogP contribution is 1.70. The molecule has 0 saturated carbocycles. The summed E-state index contributed by atoms with van der Waals surface area (Å²) in [5.74, 6) is -2.85. The van der Waals surface area contributed by atoms with Crippen molar-refractivity contribution in [3.8, 4) is 0 Å². The number of rotatable bonds is 2. The predicted octanol–water partition coefficient (Wildman–Crippen LogP) is -1.62. The number of carboxylic acids is 2. The van der Waals surface area contributed by atoms with Gasteiger partial charge in [0.15, 0.2) is 0 Å². The zero-order valence-corrected chi connectivity index (χ0v) is 6.85. The SMILES string of the molecule is CC(N)=O.O.O=C(O)/C=C/C(=O)O. The third kappa shape index (κ3) is 68.7. The van der Waals surface area contributed by atoms with Crippen molar-refractivity contribution in [1.82, 2.24) is 0 Å². The number of carbonyl (C=O) groups excluding carboxylic acids is 1. The molecule has 0 saturated heterocycles. The van der Waals surface area contributed by atoms with Crippen molar-refractivity contribution in [3.63, 3.8) is 0 Å². The van der Waals surface area contributed by atoms with Gasteiger partial charge in [0.1, 0.15) is 0 Å². The van der Waals surface area contributed by atoms with Crippen molar-refractivity contribution < 1.29 is 30.1 Å². The molecule has 0 rings (SSSR count). The lowest BCUT2D eigenvalue weighted by Gasteiger charge is -1.74. The Hall–Kier alpha value is -1.89. The summed E-state index contributed by atoms with van der Waals surface area (Å²) in [6.07, 6.45) is 1.12. The van der Waals surface area contributed by atoms with Crippen LogP contribution in [0.4, 0.5) is 0 Å². The monoisotopic (exact) mass is 193 g/mol. The Labute approximate surface area is 73.8 Å². The van der Waals surface area contributed by atoms with E-state index in [1.54, 1.807) is 0 Å². The molecule has 0 heterocycles. The van der Waals surface area contributed by atoms with Gasteiger partial charge in [-0.05, 0) is 0 Å². The lowest BCUT2D eigenvalue weighted by Crippen LogP contribution is -2.01. The van der Waals surface area contributed by atoms with E-state index in [4.69, 9.17) is 10.2 Å². The Morgan fingerprint density at radius 1 is 1.08 bits per heavy atom. The van der Waals surface area contributed by atoms with E-state index in [1.165, 1.54) is 6.92 Å². The number of carbonyl (C=O) groups is 3. The maximum absolute atomic E-state index is 9.55. The van der Waals surface area contributed by atoms with Gasteiger partial charge in [-0.1, -0.05) is 0 Å². The molecule has 6 N–H and O–H groups in total. The van der Waals surface area contributed by atoms with Crippen LogP contribution in [-0.2, 0) is 14.4 Å². The molecule has 0 fully saturated rings. The molecule has 7 heteroatoms. The van der Waals surface area contributed by atoms with Crippen LogP contribution in [0.25, 0.3) is 0 Å². The minimum absolute atomic E-state index is 0. The van der Waals surface area contributed by atoms with Crippen LogP contribution in [0.1, 0.15) is 6.92 Å². The Balaban J connectivity index is -0.000000173. The van der Waals surface area contributed by atoms with E-state index in [2.05, 4.69) is 5.73 Å². The molecular formula is C6H11NO6. The van der Waals surface area contributed by atoms with Gasteiger partial charge < -0.3 is 21.4 Å². The molecule has 0 aromatic rings. The second-order valence-electron chi connectivity index (χ2n) is 1.62. The molecule has 0 aliphatic heterocycles. The molecule has 0 spiro atoms. The predicted molar refractivity (Wildman–Crippen MR) is 42.9 cm³/mol. The van der Waals surface area contributed by atoms with Crippen molar-refractivity contribution >= 4 is 17.8 Å². The summed E-state index contributed by atoms with van der Waals surface area (Å²) in [4.78, 5) is 28.3. The van der Waals surface area contributed by atoms with Gasteiger partial charge in [0, 0.05) is 19.1 Å². The van der Waals surface area contributed by atoms with Crippen molar-refractivity contribution in [3.05, 3.63) is 12.2 Å². The minimum atomic E-state index is -1.26. The number of carboxylic acid groups (broad SMARTS) is 2. The Morgan fingerprint density at radius 3 is 1.31 bits per heavy atom. The average Bonchev–Trinajstić information content (AvgIpc) is 1.82. The van der Waals surface area contributed by atoms with Crippen LogP contribution in [0.2, 0.25) is 0 Å². The quantitative estimate of drug-likeness (QED) is 0.450. The van der Waals surface area contributed by atoms with Crippen LogP contribution in [0.5, 0.6) is 0 Å². The molecule has 13 heavy (non-hydrogen) atoms. The first-order valence-corrected chi connectivity index (χ1v) is 2.76. The number of hydrogen-bond donors (Lipinski definition) is 3. The summed E-state index contributed by atoms with van der Waals surface area (Å²) < 4.78 is 0. The van der Waals surface area contributed by atoms with Gasteiger partial charge in [-0.3, -0.25) is 4.79 Å². The van der Waals surface area contributed by atoms with E-state index in [-0.39, 0.29) is 11.4 Å². The van der Waals surface area contributed by atoms with E-state index in [0.29, 0.717) is 12.2 Å². The fourth-order valence-corrected chi connectivity index (χ4v) is 0.143. The number of hydrogen-bond acceptors (Lipinski definition) is 3. The van der Waals surface area contributed by atoms with Crippen LogP contribution in [0.3, 0.4) is 0 Å². The zero-order chi connectivity index (χ0) is 10.1. The van der Waals surface area contributed by atoms with Crippen LogP contribution in [-0.4, -0.2) is 33.5 Å². The normalized spacial score (nSPS) is 7.77. The van der Waals surface area contributed by atoms with E-state index < -0.39 is 11.9 Å². The molecular weight excluding hydrogens is 182 g/mol. The smallest absolute Gasteiger partial charge is 0.328 e. The third-order valence-electron chi connectivity index (χ3n) is 0.368. The Morgan fingerprint density at radius 2 is 1.23 bits per heavy atom. The number of nitrogens with two attached hydrogens (primary N) is 1. The fraction of sp³-hybridized carbons (Fsp3) is 0.167. The highest BCUT2D eigenvalue weighted by molar-refractivity contribution is 5.89. The highest BCUT2D eigenvalue weighted by atomic mass is 16.4. The van der Waals surface area contributed by atoms with E-state index in [0.717, 1.165) is 0 Å². The number of amides is 1. The molecule has 7 nitrogen and oxygen atoms in total. The standard InChI is InChI=1S/C4H4O4.C2H5NO.H2O/c5-3(6)1-2-4(7)8;1-2(3)4;/h1-2H,(H,5,6)(H,7,8);1H3,(H2,3,4);1H2/b2-1+;;.